The third kappa shape index (κ3) is 2.81. The fourth-order valence-corrected chi connectivity index (χ4v) is 3.53. The van der Waals surface area contributed by atoms with Gasteiger partial charge in [-0.3, -0.25) is 4.79 Å². The maximum atomic E-state index is 13.0. The number of esters is 1. The summed E-state index contributed by atoms with van der Waals surface area (Å²) in [5.41, 5.74) is 2.72. The van der Waals surface area contributed by atoms with E-state index in [1.54, 1.807) is 0 Å². The van der Waals surface area contributed by atoms with Gasteiger partial charge in [-0.05, 0) is 40.5 Å². The second kappa shape index (κ2) is 6.66. The van der Waals surface area contributed by atoms with Crippen LogP contribution >= 0.6 is 0 Å². The van der Waals surface area contributed by atoms with Crippen molar-refractivity contribution in [1.82, 2.24) is 0 Å². The number of rotatable bonds is 4. The van der Waals surface area contributed by atoms with Gasteiger partial charge >= 0.3 is 17.9 Å². The fourth-order valence-electron chi connectivity index (χ4n) is 3.53. The monoisotopic (exact) mass is 374 g/mol. The zero-order valence-electron chi connectivity index (χ0n) is 14.5. The van der Waals surface area contributed by atoms with Crippen molar-refractivity contribution in [2.75, 3.05) is 0 Å². The van der Waals surface area contributed by atoms with Crippen molar-refractivity contribution >= 4 is 17.9 Å². The first kappa shape index (κ1) is 17.5. The van der Waals surface area contributed by atoms with Gasteiger partial charge in [-0.25, -0.2) is 9.59 Å². The van der Waals surface area contributed by atoms with E-state index in [2.05, 4.69) is 0 Å². The van der Waals surface area contributed by atoms with E-state index in [1.165, 1.54) is 6.07 Å². The lowest BCUT2D eigenvalue weighted by molar-refractivity contribution is -0.135. The second-order valence-electron chi connectivity index (χ2n) is 6.35. The van der Waals surface area contributed by atoms with Gasteiger partial charge in [0.05, 0.1) is 11.1 Å². The molecule has 28 heavy (non-hydrogen) atoms. The molecule has 6 nitrogen and oxygen atoms in total. The molecule has 0 heterocycles. The summed E-state index contributed by atoms with van der Waals surface area (Å²) in [4.78, 5) is 35.5. The Labute approximate surface area is 159 Å². The van der Waals surface area contributed by atoms with Crippen LogP contribution in [0.2, 0.25) is 0 Å². The molecule has 0 bridgehead atoms. The molecule has 0 unspecified atom stereocenters. The first-order chi connectivity index (χ1) is 13.5. The summed E-state index contributed by atoms with van der Waals surface area (Å²) >= 11 is 0. The SMILES string of the molecule is O=C(O)c1ccc(OC(=O)C2c3ccccc3-c3ccccc32)cc1C(=O)O. The Morgan fingerprint density at radius 2 is 1.25 bits per heavy atom. The Kier molecular flexibility index (Phi) is 4.16. The highest BCUT2D eigenvalue weighted by molar-refractivity contribution is 6.02. The first-order valence-electron chi connectivity index (χ1n) is 8.48. The molecule has 0 saturated carbocycles. The minimum atomic E-state index is -1.41. The lowest BCUT2D eigenvalue weighted by atomic mass is 9.97. The Morgan fingerprint density at radius 3 is 1.79 bits per heavy atom. The number of ether oxygens (including phenoxy) is 1. The van der Waals surface area contributed by atoms with Gasteiger partial charge in [-0.2, -0.15) is 0 Å². The second-order valence-corrected chi connectivity index (χ2v) is 6.35. The lowest BCUT2D eigenvalue weighted by Crippen LogP contribution is -2.18. The maximum absolute atomic E-state index is 13.0. The summed E-state index contributed by atoms with van der Waals surface area (Å²) in [6.45, 7) is 0. The number of carbonyl (C=O) groups excluding carboxylic acids is 1. The number of hydrogen-bond acceptors (Lipinski definition) is 4. The van der Waals surface area contributed by atoms with Crippen LogP contribution in [0, 0.1) is 0 Å². The predicted molar refractivity (Wildman–Crippen MR) is 99.7 cm³/mol. The highest BCUT2D eigenvalue weighted by Crippen LogP contribution is 2.45. The van der Waals surface area contributed by atoms with E-state index in [1.807, 2.05) is 48.5 Å². The van der Waals surface area contributed by atoms with Gasteiger partial charge in [-0.15, -0.1) is 0 Å². The maximum Gasteiger partial charge on any atom is 0.336 e. The van der Waals surface area contributed by atoms with E-state index >= 15 is 0 Å². The van der Waals surface area contributed by atoms with Crippen LogP contribution in [-0.2, 0) is 4.79 Å². The third-order valence-corrected chi connectivity index (χ3v) is 4.74. The molecule has 6 heteroatoms. The average Bonchev–Trinajstić information content (AvgIpc) is 3.02. The molecule has 0 aromatic heterocycles. The fraction of sp³-hybridized carbons (Fsp3) is 0.0455. The summed E-state index contributed by atoms with van der Waals surface area (Å²) in [5, 5.41) is 18.3. The normalized spacial score (nSPS) is 12.1. The van der Waals surface area contributed by atoms with Crippen molar-refractivity contribution in [2.45, 2.75) is 5.92 Å². The van der Waals surface area contributed by atoms with Crippen LogP contribution in [0.25, 0.3) is 11.1 Å². The van der Waals surface area contributed by atoms with Crippen LogP contribution in [0.5, 0.6) is 5.75 Å². The van der Waals surface area contributed by atoms with Crippen LogP contribution in [0.4, 0.5) is 0 Å². The molecule has 1 aliphatic carbocycles. The minimum absolute atomic E-state index is 0.0192. The molecule has 0 saturated heterocycles. The number of benzene rings is 3. The topological polar surface area (TPSA) is 101 Å². The highest BCUT2D eigenvalue weighted by Gasteiger charge is 2.35. The van der Waals surface area contributed by atoms with Gasteiger partial charge in [0.2, 0.25) is 0 Å². The van der Waals surface area contributed by atoms with Gasteiger partial charge < -0.3 is 14.9 Å². The van der Waals surface area contributed by atoms with Crippen LogP contribution in [0.15, 0.2) is 66.7 Å². The molecule has 2 N–H and O–H groups in total. The van der Waals surface area contributed by atoms with Gasteiger partial charge in [0.25, 0.3) is 0 Å². The molecule has 4 rings (SSSR count). The molecule has 0 amide bonds. The summed E-state index contributed by atoms with van der Waals surface area (Å²) < 4.78 is 5.44. The molecule has 0 fully saturated rings. The standard InChI is InChI=1S/C22H14O6/c23-20(24)17-10-9-12(11-18(17)21(25)26)28-22(27)19-15-7-3-1-5-13(15)14-6-2-4-8-16(14)19/h1-11,19H,(H,23,24)(H,25,26). The van der Waals surface area contributed by atoms with Crippen molar-refractivity contribution in [1.29, 1.82) is 0 Å². The van der Waals surface area contributed by atoms with Crippen LogP contribution < -0.4 is 4.74 Å². The lowest BCUT2D eigenvalue weighted by Gasteiger charge is -2.13. The number of carbonyl (C=O) groups is 3. The molecule has 138 valence electrons. The molecular formula is C22H14O6. The average molecular weight is 374 g/mol. The van der Waals surface area contributed by atoms with Crippen LogP contribution in [0.1, 0.15) is 37.8 Å². The number of aromatic carboxylic acids is 2. The molecule has 0 atom stereocenters. The molecule has 3 aromatic carbocycles. The first-order valence-corrected chi connectivity index (χ1v) is 8.48. The molecule has 1 aliphatic rings. The van der Waals surface area contributed by atoms with Gasteiger partial charge in [-0.1, -0.05) is 48.5 Å². The number of fused-ring (bicyclic) bond motifs is 3. The largest absolute Gasteiger partial charge is 0.478 e. The van der Waals surface area contributed by atoms with E-state index in [0.29, 0.717) is 0 Å². The van der Waals surface area contributed by atoms with Crippen molar-refractivity contribution in [3.63, 3.8) is 0 Å². The zero-order valence-corrected chi connectivity index (χ0v) is 14.5. The van der Waals surface area contributed by atoms with Crippen molar-refractivity contribution in [3.8, 4) is 16.9 Å². The van der Waals surface area contributed by atoms with E-state index in [-0.39, 0.29) is 11.3 Å². The Balaban J connectivity index is 1.71. The summed E-state index contributed by atoms with van der Waals surface area (Å²) in [6.07, 6.45) is 0. The van der Waals surface area contributed by atoms with Gasteiger partial charge in [0.15, 0.2) is 0 Å². The summed E-state index contributed by atoms with van der Waals surface area (Å²) in [6, 6.07) is 18.5. The van der Waals surface area contributed by atoms with Crippen molar-refractivity contribution < 1.29 is 29.3 Å². The molecule has 3 aromatic rings. The quantitative estimate of drug-likeness (QED) is 0.532. The van der Waals surface area contributed by atoms with Crippen LogP contribution in [-0.4, -0.2) is 28.1 Å². The number of hydrogen-bond donors (Lipinski definition) is 2. The summed E-state index contributed by atoms with van der Waals surface area (Å²) in [7, 11) is 0. The Hall–Kier alpha value is -3.93. The van der Waals surface area contributed by atoms with Gasteiger partial charge in [0.1, 0.15) is 11.7 Å². The third-order valence-electron chi connectivity index (χ3n) is 4.74. The van der Waals surface area contributed by atoms with Gasteiger partial charge in [0, 0.05) is 0 Å². The predicted octanol–water partition coefficient (Wildman–Crippen LogP) is 3.80. The van der Waals surface area contributed by atoms with Crippen LogP contribution in [0.3, 0.4) is 0 Å². The molecule has 0 spiro atoms. The van der Waals surface area contributed by atoms with E-state index < -0.39 is 29.4 Å². The van der Waals surface area contributed by atoms with E-state index in [0.717, 1.165) is 34.4 Å². The zero-order chi connectivity index (χ0) is 19.8. The minimum Gasteiger partial charge on any atom is -0.478 e. The molecular weight excluding hydrogens is 360 g/mol. The van der Waals surface area contributed by atoms with E-state index in [4.69, 9.17) is 9.84 Å². The molecule has 0 aliphatic heterocycles. The smallest absolute Gasteiger partial charge is 0.336 e. The van der Waals surface area contributed by atoms with Crippen molar-refractivity contribution in [2.24, 2.45) is 0 Å². The Morgan fingerprint density at radius 1 is 0.714 bits per heavy atom. The highest BCUT2D eigenvalue weighted by atomic mass is 16.5. The van der Waals surface area contributed by atoms with E-state index in [9.17, 15) is 19.5 Å². The van der Waals surface area contributed by atoms with Crippen molar-refractivity contribution in [3.05, 3.63) is 89.0 Å². The molecule has 0 radical (unpaired) electrons. The Bertz CT molecular complexity index is 1090. The summed E-state index contributed by atoms with van der Waals surface area (Å²) in [5.74, 6) is -3.99. The number of carboxylic acids is 2. The number of carboxylic acid groups (broad SMARTS) is 2.